The van der Waals surface area contributed by atoms with Crippen LogP contribution in [0.15, 0.2) is 0 Å². The summed E-state index contributed by atoms with van der Waals surface area (Å²) in [4.78, 5) is 0. The van der Waals surface area contributed by atoms with Gasteiger partial charge in [-0.1, -0.05) is 0 Å². The van der Waals surface area contributed by atoms with Gasteiger partial charge in [0.05, 0.1) is 0 Å². The van der Waals surface area contributed by atoms with Gasteiger partial charge in [0.25, 0.3) is 0 Å². The summed E-state index contributed by atoms with van der Waals surface area (Å²) in [7, 11) is 0. The minimum atomic E-state index is -0.750. The molecular weight excluding hydrogens is 55.8 g/mol. The minimum Gasteiger partial charge on any atom is -0.304 e. The molecule has 3 radical (unpaired) electrons. The van der Waals surface area contributed by atoms with Gasteiger partial charge in [0.15, 0.2) is 0 Å². The summed E-state index contributed by atoms with van der Waals surface area (Å²) in [6.45, 7) is -0.750. The lowest BCUT2D eigenvalue weighted by atomic mass is 10.8. The van der Waals surface area contributed by atoms with Crippen LogP contribution in [-0.2, 0) is 0 Å². The van der Waals surface area contributed by atoms with Crippen molar-refractivity contribution in [2.45, 2.75) is 0 Å². The second kappa shape index (κ2) is 12.4. The highest BCUT2D eigenvalue weighted by Gasteiger charge is 1.36. The highest BCUT2D eigenvalue weighted by atomic mass is 19.1. The number of rotatable bonds is 0. The van der Waals surface area contributed by atoms with Crippen LogP contribution in [-0.4, -0.2) is 15.2 Å². The first kappa shape index (κ1) is 9.04. The van der Waals surface area contributed by atoms with E-state index in [4.69, 9.17) is 0 Å². The van der Waals surface area contributed by atoms with Gasteiger partial charge in [-0.05, 0) is 0 Å². The molecule has 0 aromatic heterocycles. The molecule has 0 bridgehead atoms. The van der Waals surface area contributed by atoms with Crippen LogP contribution in [0.5, 0.6) is 0 Å². The lowest BCUT2D eigenvalue weighted by molar-refractivity contribution is 0.510. The van der Waals surface area contributed by atoms with Gasteiger partial charge >= 0.3 is 0 Å². The molecule has 1 nitrogen and oxygen atoms in total. The van der Waals surface area contributed by atoms with E-state index in [-0.39, 0.29) is 8.41 Å². The van der Waals surface area contributed by atoms with E-state index in [2.05, 4.69) is 5.73 Å². The van der Waals surface area contributed by atoms with Gasteiger partial charge in [0.1, 0.15) is 6.80 Å². The van der Waals surface area contributed by atoms with Crippen molar-refractivity contribution >= 4 is 8.41 Å². The molecule has 0 amide bonds. The molecule has 0 aromatic carbocycles. The molecule has 0 spiro atoms. The Bertz CT molecular complexity index is 8.00. The first-order chi connectivity index (χ1) is 1.41. The van der Waals surface area contributed by atoms with Crippen LogP contribution in [0.1, 0.15) is 0 Å². The molecule has 0 saturated carbocycles. The summed E-state index contributed by atoms with van der Waals surface area (Å²) in [5.74, 6) is 0. The zero-order valence-electron chi connectivity index (χ0n) is 2.24. The summed E-state index contributed by atoms with van der Waals surface area (Å²) in [5, 5.41) is 0. The molecule has 0 aliphatic heterocycles. The van der Waals surface area contributed by atoms with E-state index in [0.29, 0.717) is 0 Å². The van der Waals surface area contributed by atoms with Gasteiger partial charge in [-0.25, -0.2) is 4.39 Å². The molecule has 0 aliphatic rings. The van der Waals surface area contributed by atoms with Crippen LogP contribution >= 0.6 is 0 Å². The standard InChI is InChI=1S/CH4FN.B/c2-1-3;/h1,3H2;. The lowest BCUT2D eigenvalue weighted by Crippen LogP contribution is -1.85. The van der Waals surface area contributed by atoms with Crippen molar-refractivity contribution in [1.82, 2.24) is 0 Å². The molecule has 4 heavy (non-hydrogen) atoms. The second-order valence-corrected chi connectivity index (χ2v) is 0.154. The monoisotopic (exact) mass is 60.0 g/mol. The Hall–Kier alpha value is -0.0451. The molecule has 0 atom stereocenters. The van der Waals surface area contributed by atoms with Crippen molar-refractivity contribution in [3.05, 3.63) is 0 Å². The van der Waals surface area contributed by atoms with Crippen molar-refractivity contribution in [3.8, 4) is 0 Å². The van der Waals surface area contributed by atoms with Crippen molar-refractivity contribution in [2.75, 3.05) is 6.80 Å². The number of nitrogens with two attached hydrogens (primary N) is 1. The quantitative estimate of drug-likeness (QED) is 0.295. The van der Waals surface area contributed by atoms with Gasteiger partial charge in [0, 0.05) is 8.41 Å². The fourth-order valence-electron chi connectivity index (χ4n) is 0. The van der Waals surface area contributed by atoms with E-state index < -0.39 is 6.80 Å². The molecule has 2 N–H and O–H groups in total. The van der Waals surface area contributed by atoms with Gasteiger partial charge in [-0.15, -0.1) is 0 Å². The predicted molar refractivity (Wildman–Crippen MR) is 15.9 cm³/mol. The van der Waals surface area contributed by atoms with E-state index in [0.717, 1.165) is 0 Å². The fourth-order valence-corrected chi connectivity index (χ4v) is 0. The van der Waals surface area contributed by atoms with Gasteiger partial charge in [0.2, 0.25) is 0 Å². The maximum atomic E-state index is 10.1. The van der Waals surface area contributed by atoms with E-state index >= 15 is 0 Å². The number of halogens is 1. The Morgan fingerprint density at radius 3 is 1.75 bits per heavy atom. The van der Waals surface area contributed by atoms with E-state index in [1.54, 1.807) is 0 Å². The van der Waals surface area contributed by atoms with Crippen molar-refractivity contribution < 1.29 is 4.39 Å². The van der Waals surface area contributed by atoms with Crippen LogP contribution in [0, 0.1) is 0 Å². The average Bonchev–Trinajstić information content (AvgIpc) is 0.918. The lowest BCUT2D eigenvalue weighted by Gasteiger charge is -1.49. The summed E-state index contributed by atoms with van der Waals surface area (Å²) in [5.41, 5.74) is 4.18. The van der Waals surface area contributed by atoms with Gasteiger partial charge in [-0.3, -0.25) is 0 Å². The third kappa shape index (κ3) is 878. The molecular formula is CH4BFN. The Morgan fingerprint density at radius 1 is 1.75 bits per heavy atom. The molecule has 0 unspecified atom stereocenters. The summed E-state index contributed by atoms with van der Waals surface area (Å²) in [6.07, 6.45) is 0. The summed E-state index contributed by atoms with van der Waals surface area (Å²) >= 11 is 0. The van der Waals surface area contributed by atoms with Crippen molar-refractivity contribution in [1.29, 1.82) is 0 Å². The zero-order valence-corrected chi connectivity index (χ0v) is 2.24. The van der Waals surface area contributed by atoms with Crippen LogP contribution in [0.4, 0.5) is 4.39 Å². The first-order valence-electron chi connectivity index (χ1n) is 0.676. The van der Waals surface area contributed by atoms with Crippen LogP contribution in [0.3, 0.4) is 0 Å². The highest BCUT2D eigenvalue weighted by Crippen LogP contribution is 1.33. The minimum absolute atomic E-state index is 0. The van der Waals surface area contributed by atoms with E-state index in [9.17, 15) is 4.39 Å². The molecule has 0 aromatic rings. The average molecular weight is 59.9 g/mol. The maximum absolute atomic E-state index is 10.1. The summed E-state index contributed by atoms with van der Waals surface area (Å²) < 4.78 is 10.1. The second-order valence-electron chi connectivity index (χ2n) is 0.154. The third-order valence-corrected chi connectivity index (χ3v) is 0. The third-order valence-electron chi connectivity index (χ3n) is 0. The molecule has 0 rings (SSSR count). The van der Waals surface area contributed by atoms with Crippen molar-refractivity contribution in [2.24, 2.45) is 5.73 Å². The van der Waals surface area contributed by atoms with Crippen LogP contribution < -0.4 is 5.73 Å². The normalized spacial score (nSPS) is 4.50. The molecule has 0 saturated heterocycles. The fraction of sp³-hybridized carbons (Fsp3) is 1.00. The number of hydrogen-bond acceptors (Lipinski definition) is 1. The van der Waals surface area contributed by atoms with Crippen molar-refractivity contribution in [3.63, 3.8) is 0 Å². The Kier molecular flexibility index (Phi) is 28.0. The number of hydrogen-bond donors (Lipinski definition) is 1. The Labute approximate surface area is 26.6 Å². The molecule has 3 heteroatoms. The topological polar surface area (TPSA) is 26.0 Å². The molecule has 0 aliphatic carbocycles. The highest BCUT2D eigenvalue weighted by molar-refractivity contribution is 5.75. The predicted octanol–water partition coefficient (Wildman–Crippen LogP) is -0.509. The zero-order chi connectivity index (χ0) is 2.71. The first-order valence-corrected chi connectivity index (χ1v) is 0.676. The Morgan fingerprint density at radius 2 is 1.75 bits per heavy atom. The van der Waals surface area contributed by atoms with E-state index in [1.807, 2.05) is 0 Å². The van der Waals surface area contributed by atoms with E-state index in [1.165, 1.54) is 0 Å². The van der Waals surface area contributed by atoms with Crippen LogP contribution in [0.25, 0.3) is 0 Å². The SMILES string of the molecule is NCF.[B]. The van der Waals surface area contributed by atoms with Crippen LogP contribution in [0.2, 0.25) is 0 Å². The summed E-state index contributed by atoms with van der Waals surface area (Å²) in [6, 6.07) is 0. The maximum Gasteiger partial charge on any atom is 0.138 e. The van der Waals surface area contributed by atoms with Gasteiger partial charge < -0.3 is 5.73 Å². The molecule has 23 valence electrons. The smallest absolute Gasteiger partial charge is 0.138 e. The molecule has 0 heterocycles. The van der Waals surface area contributed by atoms with Gasteiger partial charge in [-0.2, -0.15) is 0 Å². The largest absolute Gasteiger partial charge is 0.304 e. The Balaban J connectivity index is 0. The number of alkyl halides is 1. The molecule has 0 fully saturated rings.